The first-order chi connectivity index (χ1) is 8.13. The molecule has 2 nitrogen and oxygen atoms in total. The van der Waals surface area contributed by atoms with E-state index in [1.807, 2.05) is 0 Å². The second-order valence-corrected chi connectivity index (χ2v) is 5.59. The van der Waals surface area contributed by atoms with Crippen molar-refractivity contribution in [3.05, 3.63) is 34.9 Å². The molecule has 0 aromatic heterocycles. The Labute approximate surface area is 102 Å². The van der Waals surface area contributed by atoms with Crippen LogP contribution in [0.4, 0.5) is 0 Å². The van der Waals surface area contributed by atoms with E-state index in [0.29, 0.717) is 12.3 Å². The molecule has 0 saturated heterocycles. The highest BCUT2D eigenvalue weighted by molar-refractivity contribution is 5.68. The highest BCUT2D eigenvalue weighted by atomic mass is 16.4. The molecule has 1 aromatic rings. The van der Waals surface area contributed by atoms with Gasteiger partial charge >= 0.3 is 5.97 Å². The molecule has 1 N–H and O–H groups in total. The maximum atomic E-state index is 11.0. The van der Waals surface area contributed by atoms with Crippen LogP contribution in [0.1, 0.15) is 42.4 Å². The maximum absolute atomic E-state index is 11.0. The van der Waals surface area contributed by atoms with Crippen molar-refractivity contribution in [2.45, 2.75) is 44.4 Å². The van der Waals surface area contributed by atoms with Gasteiger partial charge in [0.15, 0.2) is 0 Å². The summed E-state index contributed by atoms with van der Waals surface area (Å²) in [6.45, 7) is 2.17. The van der Waals surface area contributed by atoms with E-state index in [1.54, 1.807) is 0 Å². The van der Waals surface area contributed by atoms with Crippen LogP contribution in [0, 0.1) is 12.8 Å². The van der Waals surface area contributed by atoms with Gasteiger partial charge in [-0.15, -0.1) is 0 Å². The number of carboxylic acid groups (broad SMARTS) is 1. The summed E-state index contributed by atoms with van der Waals surface area (Å²) in [6, 6.07) is 6.52. The number of carbonyl (C=O) groups is 1. The minimum atomic E-state index is -0.641. The van der Waals surface area contributed by atoms with Gasteiger partial charge in [-0.1, -0.05) is 18.2 Å². The highest BCUT2D eigenvalue weighted by Crippen LogP contribution is 2.59. The van der Waals surface area contributed by atoms with Gasteiger partial charge in [0.1, 0.15) is 0 Å². The first-order valence-corrected chi connectivity index (χ1v) is 6.44. The van der Waals surface area contributed by atoms with Crippen molar-refractivity contribution in [3.8, 4) is 0 Å². The van der Waals surface area contributed by atoms with E-state index in [2.05, 4.69) is 25.1 Å². The third-order valence-corrected chi connectivity index (χ3v) is 4.68. The Morgan fingerprint density at radius 1 is 1.47 bits per heavy atom. The van der Waals surface area contributed by atoms with Crippen LogP contribution in [0.25, 0.3) is 0 Å². The Kier molecular flexibility index (Phi) is 2.29. The smallest absolute Gasteiger partial charge is 0.303 e. The van der Waals surface area contributed by atoms with Crippen LogP contribution in [-0.4, -0.2) is 11.1 Å². The molecule has 0 heterocycles. The standard InChI is InChI=1S/C15H18O2/c1-10-3-2-4-13-12(10)6-5-11(9-14(16)17)15(13)7-8-15/h2-4,11H,5-9H2,1H3,(H,16,17). The molecule has 0 amide bonds. The lowest BCUT2D eigenvalue weighted by atomic mass is 9.70. The van der Waals surface area contributed by atoms with Crippen molar-refractivity contribution in [1.29, 1.82) is 0 Å². The summed E-state index contributed by atoms with van der Waals surface area (Å²) < 4.78 is 0. The van der Waals surface area contributed by atoms with Gasteiger partial charge < -0.3 is 5.11 Å². The molecule has 2 heteroatoms. The van der Waals surface area contributed by atoms with Crippen LogP contribution in [0.15, 0.2) is 18.2 Å². The van der Waals surface area contributed by atoms with E-state index in [4.69, 9.17) is 5.11 Å². The van der Waals surface area contributed by atoms with Crippen molar-refractivity contribution >= 4 is 5.97 Å². The molecular formula is C15H18O2. The van der Waals surface area contributed by atoms with Gasteiger partial charge in [-0.3, -0.25) is 4.79 Å². The summed E-state index contributed by atoms with van der Waals surface area (Å²) in [5.41, 5.74) is 4.54. The molecule has 1 fully saturated rings. The minimum Gasteiger partial charge on any atom is -0.481 e. The number of rotatable bonds is 2. The summed E-state index contributed by atoms with van der Waals surface area (Å²) in [4.78, 5) is 11.0. The Morgan fingerprint density at radius 2 is 2.24 bits per heavy atom. The number of hydrogen-bond acceptors (Lipinski definition) is 1. The maximum Gasteiger partial charge on any atom is 0.303 e. The van der Waals surface area contributed by atoms with Crippen molar-refractivity contribution in [2.75, 3.05) is 0 Å². The molecule has 2 aliphatic rings. The summed E-state index contributed by atoms with van der Waals surface area (Å²) in [6.07, 6.45) is 4.81. The van der Waals surface area contributed by atoms with E-state index in [1.165, 1.54) is 29.5 Å². The van der Waals surface area contributed by atoms with Gasteiger partial charge in [0.05, 0.1) is 0 Å². The Balaban J connectivity index is 2.01. The lowest BCUT2D eigenvalue weighted by Gasteiger charge is -2.34. The van der Waals surface area contributed by atoms with Crippen LogP contribution >= 0.6 is 0 Å². The predicted octanol–water partition coefficient (Wildman–Crippen LogP) is 3.06. The second-order valence-electron chi connectivity index (χ2n) is 5.59. The number of fused-ring (bicyclic) bond motifs is 2. The fraction of sp³-hybridized carbons (Fsp3) is 0.533. The SMILES string of the molecule is Cc1cccc2c1CCC(CC(=O)O)C21CC1. The molecule has 0 radical (unpaired) electrons. The molecule has 0 bridgehead atoms. The summed E-state index contributed by atoms with van der Waals surface area (Å²) in [5.74, 6) is -0.285. The van der Waals surface area contributed by atoms with E-state index in [0.717, 1.165) is 12.8 Å². The Bertz CT molecular complexity index is 472. The highest BCUT2D eigenvalue weighted by Gasteiger charge is 2.53. The summed E-state index contributed by atoms with van der Waals surface area (Å²) >= 11 is 0. The molecule has 1 atom stereocenters. The van der Waals surface area contributed by atoms with E-state index >= 15 is 0 Å². The number of carboxylic acids is 1. The number of aliphatic carboxylic acids is 1. The number of aryl methyl sites for hydroxylation is 1. The second kappa shape index (κ2) is 3.59. The quantitative estimate of drug-likeness (QED) is 0.847. The molecule has 3 rings (SSSR count). The monoisotopic (exact) mass is 230 g/mol. The third kappa shape index (κ3) is 1.58. The van der Waals surface area contributed by atoms with Crippen LogP contribution in [0.3, 0.4) is 0 Å². The molecular weight excluding hydrogens is 212 g/mol. The average Bonchev–Trinajstić information content (AvgIpc) is 3.05. The molecule has 2 aliphatic carbocycles. The van der Waals surface area contributed by atoms with Crippen LogP contribution in [0.5, 0.6) is 0 Å². The zero-order valence-corrected chi connectivity index (χ0v) is 10.2. The van der Waals surface area contributed by atoms with Gasteiger partial charge in [-0.2, -0.15) is 0 Å². The van der Waals surface area contributed by atoms with E-state index in [9.17, 15) is 4.79 Å². The van der Waals surface area contributed by atoms with Crippen molar-refractivity contribution in [1.82, 2.24) is 0 Å². The van der Waals surface area contributed by atoms with Gasteiger partial charge in [0.25, 0.3) is 0 Å². The Hall–Kier alpha value is -1.31. The normalized spacial score (nSPS) is 24.4. The molecule has 1 unspecified atom stereocenters. The first-order valence-electron chi connectivity index (χ1n) is 6.44. The summed E-state index contributed by atoms with van der Waals surface area (Å²) in [5, 5.41) is 9.03. The van der Waals surface area contributed by atoms with Gasteiger partial charge in [-0.05, 0) is 60.6 Å². The zero-order chi connectivity index (χ0) is 12.0. The fourth-order valence-electron chi connectivity index (χ4n) is 3.64. The third-order valence-electron chi connectivity index (χ3n) is 4.68. The van der Waals surface area contributed by atoms with Crippen LogP contribution in [0.2, 0.25) is 0 Å². The molecule has 1 aromatic carbocycles. The lowest BCUT2D eigenvalue weighted by molar-refractivity contribution is -0.138. The van der Waals surface area contributed by atoms with Crippen molar-refractivity contribution in [3.63, 3.8) is 0 Å². The average molecular weight is 230 g/mol. The van der Waals surface area contributed by atoms with Gasteiger partial charge in [-0.25, -0.2) is 0 Å². The van der Waals surface area contributed by atoms with Gasteiger partial charge in [0.2, 0.25) is 0 Å². The molecule has 0 aliphatic heterocycles. The number of benzene rings is 1. The summed E-state index contributed by atoms with van der Waals surface area (Å²) in [7, 11) is 0. The molecule has 90 valence electrons. The first kappa shape index (κ1) is 10.8. The van der Waals surface area contributed by atoms with Gasteiger partial charge in [0, 0.05) is 6.42 Å². The zero-order valence-electron chi connectivity index (χ0n) is 10.2. The minimum absolute atomic E-state index is 0.220. The van der Waals surface area contributed by atoms with E-state index < -0.39 is 5.97 Å². The topological polar surface area (TPSA) is 37.3 Å². The number of hydrogen-bond donors (Lipinski definition) is 1. The van der Waals surface area contributed by atoms with Crippen molar-refractivity contribution in [2.24, 2.45) is 5.92 Å². The molecule has 17 heavy (non-hydrogen) atoms. The largest absolute Gasteiger partial charge is 0.481 e. The van der Waals surface area contributed by atoms with Crippen molar-refractivity contribution < 1.29 is 9.90 Å². The lowest BCUT2D eigenvalue weighted by Crippen LogP contribution is -2.29. The molecule has 1 spiro atoms. The van der Waals surface area contributed by atoms with Crippen LogP contribution < -0.4 is 0 Å². The Morgan fingerprint density at radius 3 is 2.88 bits per heavy atom. The van der Waals surface area contributed by atoms with E-state index in [-0.39, 0.29) is 5.41 Å². The molecule has 1 saturated carbocycles. The fourth-order valence-corrected chi connectivity index (χ4v) is 3.64. The predicted molar refractivity (Wildman–Crippen MR) is 66.2 cm³/mol. The van der Waals surface area contributed by atoms with Crippen LogP contribution in [-0.2, 0) is 16.6 Å².